The van der Waals surface area contributed by atoms with Gasteiger partial charge in [0.25, 0.3) is 5.91 Å². The molecule has 1 amide bonds. The summed E-state index contributed by atoms with van der Waals surface area (Å²) < 4.78 is 16.9. The molecule has 0 aromatic heterocycles. The van der Waals surface area contributed by atoms with Crippen LogP contribution in [0.1, 0.15) is 5.56 Å². The van der Waals surface area contributed by atoms with Gasteiger partial charge >= 0.3 is 0 Å². The van der Waals surface area contributed by atoms with Gasteiger partial charge in [-0.15, -0.1) is 0 Å². The number of amides is 1. The lowest BCUT2D eigenvalue weighted by Gasteiger charge is -2.19. The van der Waals surface area contributed by atoms with Crippen LogP contribution in [0.4, 0.5) is 0 Å². The molecule has 5 nitrogen and oxygen atoms in total. The Hall–Kier alpha value is -2.21. The standard InChI is InChI=1S/C18H20BrNO4/c1-20(11-13-10-14(19)4-9-17(13)23-3)18(21)12-24-16-7-5-15(22-2)6-8-16/h4-10H,11-12H2,1-3H3. The molecule has 128 valence electrons. The van der Waals surface area contributed by atoms with Crippen molar-refractivity contribution in [1.29, 1.82) is 0 Å². The van der Waals surface area contributed by atoms with E-state index in [4.69, 9.17) is 14.2 Å². The SMILES string of the molecule is COc1ccc(OCC(=O)N(C)Cc2cc(Br)ccc2OC)cc1. The molecule has 0 aliphatic rings. The highest BCUT2D eigenvalue weighted by Crippen LogP contribution is 2.24. The maximum absolute atomic E-state index is 12.3. The number of hydrogen-bond acceptors (Lipinski definition) is 4. The number of rotatable bonds is 7. The van der Waals surface area contributed by atoms with Crippen molar-refractivity contribution >= 4 is 21.8 Å². The minimum Gasteiger partial charge on any atom is -0.497 e. The van der Waals surface area contributed by atoms with Crippen LogP contribution in [0.15, 0.2) is 46.9 Å². The lowest BCUT2D eigenvalue weighted by molar-refractivity contribution is -0.132. The van der Waals surface area contributed by atoms with Crippen LogP contribution in [-0.2, 0) is 11.3 Å². The van der Waals surface area contributed by atoms with Crippen molar-refractivity contribution in [2.24, 2.45) is 0 Å². The molecule has 2 aromatic rings. The van der Waals surface area contributed by atoms with E-state index in [1.807, 2.05) is 18.2 Å². The van der Waals surface area contributed by atoms with Gasteiger partial charge in [0.2, 0.25) is 0 Å². The van der Waals surface area contributed by atoms with Gasteiger partial charge in [-0.1, -0.05) is 15.9 Å². The van der Waals surface area contributed by atoms with Crippen LogP contribution in [0.2, 0.25) is 0 Å². The summed E-state index contributed by atoms with van der Waals surface area (Å²) >= 11 is 3.43. The van der Waals surface area contributed by atoms with Gasteiger partial charge in [0.1, 0.15) is 17.2 Å². The highest BCUT2D eigenvalue weighted by molar-refractivity contribution is 9.10. The number of methoxy groups -OCH3 is 2. The van der Waals surface area contributed by atoms with Crippen molar-refractivity contribution in [2.45, 2.75) is 6.54 Å². The van der Waals surface area contributed by atoms with Crippen LogP contribution in [0.5, 0.6) is 17.2 Å². The van der Waals surface area contributed by atoms with E-state index in [0.29, 0.717) is 12.3 Å². The Morgan fingerprint density at radius 1 is 1.04 bits per heavy atom. The summed E-state index contributed by atoms with van der Waals surface area (Å²) in [6.07, 6.45) is 0. The molecule has 0 heterocycles. The number of carbonyl (C=O) groups excluding carboxylic acids is 1. The zero-order valence-electron chi connectivity index (χ0n) is 13.9. The molecule has 0 spiro atoms. The molecular weight excluding hydrogens is 374 g/mol. The summed E-state index contributed by atoms with van der Waals surface area (Å²) in [5.74, 6) is 1.99. The Morgan fingerprint density at radius 2 is 1.71 bits per heavy atom. The minimum absolute atomic E-state index is 0.0286. The second-order valence-electron chi connectivity index (χ2n) is 5.17. The Labute approximate surface area is 150 Å². The molecule has 0 radical (unpaired) electrons. The molecule has 0 atom stereocenters. The van der Waals surface area contributed by atoms with E-state index >= 15 is 0 Å². The van der Waals surface area contributed by atoms with Crippen molar-refractivity contribution in [3.63, 3.8) is 0 Å². The number of carbonyl (C=O) groups is 1. The van der Waals surface area contributed by atoms with E-state index in [1.165, 1.54) is 0 Å². The molecule has 2 aromatic carbocycles. The van der Waals surface area contributed by atoms with Gasteiger partial charge in [-0.25, -0.2) is 0 Å². The summed E-state index contributed by atoms with van der Waals surface area (Å²) in [5.41, 5.74) is 0.923. The first-order valence-electron chi connectivity index (χ1n) is 7.36. The van der Waals surface area contributed by atoms with E-state index in [0.717, 1.165) is 21.5 Å². The maximum atomic E-state index is 12.3. The predicted octanol–water partition coefficient (Wildman–Crippen LogP) is 3.50. The highest BCUT2D eigenvalue weighted by atomic mass is 79.9. The van der Waals surface area contributed by atoms with Gasteiger partial charge in [-0.05, 0) is 42.5 Å². The molecule has 6 heteroatoms. The largest absolute Gasteiger partial charge is 0.497 e. The van der Waals surface area contributed by atoms with Crippen LogP contribution >= 0.6 is 15.9 Å². The number of benzene rings is 2. The molecule has 0 unspecified atom stereocenters. The Balaban J connectivity index is 1.93. The third-order valence-corrected chi connectivity index (χ3v) is 3.99. The zero-order chi connectivity index (χ0) is 17.5. The van der Waals surface area contributed by atoms with E-state index in [1.54, 1.807) is 50.4 Å². The normalized spacial score (nSPS) is 10.2. The fraction of sp³-hybridized carbons (Fsp3) is 0.278. The first kappa shape index (κ1) is 18.1. The average molecular weight is 394 g/mol. The summed E-state index contributed by atoms with van der Waals surface area (Å²) in [6.45, 7) is 0.409. The number of hydrogen-bond donors (Lipinski definition) is 0. The molecule has 0 N–H and O–H groups in total. The zero-order valence-corrected chi connectivity index (χ0v) is 15.5. The van der Waals surface area contributed by atoms with Crippen LogP contribution in [0.3, 0.4) is 0 Å². The van der Waals surface area contributed by atoms with Crippen LogP contribution in [0.25, 0.3) is 0 Å². The van der Waals surface area contributed by atoms with E-state index in [9.17, 15) is 4.79 Å². The molecule has 24 heavy (non-hydrogen) atoms. The molecule has 0 aliphatic heterocycles. The molecule has 0 bridgehead atoms. The summed E-state index contributed by atoms with van der Waals surface area (Å²) in [6, 6.07) is 12.8. The molecular formula is C18H20BrNO4. The van der Waals surface area contributed by atoms with Gasteiger partial charge < -0.3 is 19.1 Å². The Kier molecular flexibility index (Phi) is 6.49. The van der Waals surface area contributed by atoms with Crippen molar-refractivity contribution in [2.75, 3.05) is 27.9 Å². The maximum Gasteiger partial charge on any atom is 0.260 e. The fourth-order valence-corrected chi connectivity index (χ4v) is 2.55. The number of nitrogens with zero attached hydrogens (tertiary/aromatic N) is 1. The van der Waals surface area contributed by atoms with Crippen molar-refractivity contribution in [3.05, 3.63) is 52.5 Å². The molecule has 0 fully saturated rings. The summed E-state index contributed by atoms with van der Waals surface area (Å²) in [7, 11) is 4.95. The van der Waals surface area contributed by atoms with E-state index in [-0.39, 0.29) is 12.5 Å². The lowest BCUT2D eigenvalue weighted by atomic mass is 10.2. The van der Waals surface area contributed by atoms with Gasteiger partial charge in [0.15, 0.2) is 6.61 Å². The fourth-order valence-electron chi connectivity index (χ4n) is 2.14. The first-order valence-corrected chi connectivity index (χ1v) is 8.16. The smallest absolute Gasteiger partial charge is 0.260 e. The van der Waals surface area contributed by atoms with Gasteiger partial charge in [0.05, 0.1) is 14.2 Å². The number of ether oxygens (including phenoxy) is 3. The second-order valence-corrected chi connectivity index (χ2v) is 6.09. The summed E-state index contributed by atoms with van der Waals surface area (Å²) in [4.78, 5) is 13.9. The molecule has 0 saturated heterocycles. The number of halogens is 1. The first-order chi connectivity index (χ1) is 11.5. The third-order valence-electron chi connectivity index (χ3n) is 3.50. The second kappa shape index (κ2) is 8.59. The van der Waals surface area contributed by atoms with Crippen molar-refractivity contribution in [1.82, 2.24) is 4.90 Å². The van der Waals surface area contributed by atoms with E-state index in [2.05, 4.69) is 15.9 Å². The predicted molar refractivity (Wildman–Crippen MR) is 95.7 cm³/mol. The monoisotopic (exact) mass is 393 g/mol. The molecule has 0 aliphatic carbocycles. The third kappa shape index (κ3) is 4.89. The van der Waals surface area contributed by atoms with Crippen LogP contribution in [-0.4, -0.2) is 38.7 Å². The van der Waals surface area contributed by atoms with Crippen molar-refractivity contribution in [3.8, 4) is 17.2 Å². The Morgan fingerprint density at radius 3 is 2.33 bits per heavy atom. The van der Waals surface area contributed by atoms with Gasteiger partial charge in [0, 0.05) is 23.6 Å². The topological polar surface area (TPSA) is 48.0 Å². The quantitative estimate of drug-likeness (QED) is 0.721. The number of likely N-dealkylation sites (N-methyl/N-ethyl adjacent to an activating group) is 1. The van der Waals surface area contributed by atoms with Gasteiger partial charge in [-0.2, -0.15) is 0 Å². The Bertz CT molecular complexity index is 688. The van der Waals surface area contributed by atoms with Gasteiger partial charge in [-0.3, -0.25) is 4.79 Å². The van der Waals surface area contributed by atoms with E-state index < -0.39 is 0 Å². The minimum atomic E-state index is -0.118. The highest BCUT2D eigenvalue weighted by Gasteiger charge is 2.13. The summed E-state index contributed by atoms with van der Waals surface area (Å²) in [5, 5.41) is 0. The molecule has 2 rings (SSSR count). The van der Waals surface area contributed by atoms with Crippen LogP contribution < -0.4 is 14.2 Å². The lowest BCUT2D eigenvalue weighted by Crippen LogP contribution is -2.31. The average Bonchev–Trinajstić information content (AvgIpc) is 2.60. The van der Waals surface area contributed by atoms with Crippen molar-refractivity contribution < 1.29 is 19.0 Å². The molecule has 0 saturated carbocycles. The van der Waals surface area contributed by atoms with Crippen LogP contribution in [0, 0.1) is 0 Å².